The van der Waals surface area contributed by atoms with Crippen molar-refractivity contribution < 1.29 is 17.9 Å². The quantitative estimate of drug-likeness (QED) is 0.833. The van der Waals surface area contributed by atoms with Gasteiger partial charge >= 0.3 is 0 Å². The molecule has 3 rings (SSSR count). The number of benzene rings is 2. The summed E-state index contributed by atoms with van der Waals surface area (Å²) in [4.78, 5) is 0.199. The molecule has 0 amide bonds. The molecule has 0 aromatic heterocycles. The maximum absolute atomic E-state index is 12.8. The van der Waals surface area contributed by atoms with Crippen LogP contribution in [0.4, 0.5) is 0 Å². The average molecular weight is 368 g/mol. The normalized spacial score (nSPS) is 19.2. The van der Waals surface area contributed by atoms with E-state index in [1.54, 1.807) is 25.3 Å². The molecule has 0 spiro atoms. The van der Waals surface area contributed by atoms with Gasteiger partial charge in [0.1, 0.15) is 5.75 Å². The highest BCUT2D eigenvalue weighted by Gasteiger charge is 2.31. The van der Waals surface area contributed by atoms with Gasteiger partial charge in [0.15, 0.2) is 0 Å². The van der Waals surface area contributed by atoms with Gasteiger partial charge in [0.05, 0.1) is 24.7 Å². The second kappa shape index (κ2) is 7.11. The van der Waals surface area contributed by atoms with Crippen LogP contribution in [0.3, 0.4) is 0 Å². The van der Waals surface area contributed by atoms with Gasteiger partial charge in [0.25, 0.3) is 0 Å². The molecule has 0 saturated carbocycles. The molecule has 1 aliphatic rings. The van der Waals surface area contributed by atoms with Crippen LogP contribution in [0.25, 0.3) is 0 Å². The van der Waals surface area contributed by atoms with Crippen molar-refractivity contribution in [3.63, 3.8) is 0 Å². The number of rotatable bonds is 4. The van der Waals surface area contributed by atoms with Crippen molar-refractivity contribution >= 4 is 21.6 Å². The zero-order valence-electron chi connectivity index (χ0n) is 13.2. The number of sulfonamides is 1. The van der Waals surface area contributed by atoms with Crippen molar-refractivity contribution in [2.45, 2.75) is 11.0 Å². The van der Waals surface area contributed by atoms with Gasteiger partial charge in [0, 0.05) is 18.1 Å². The molecule has 1 atom stereocenters. The Morgan fingerprint density at radius 3 is 2.62 bits per heavy atom. The summed E-state index contributed by atoms with van der Waals surface area (Å²) in [5.74, 6) is 0.748. The summed E-state index contributed by atoms with van der Waals surface area (Å²) in [7, 11) is -1.99. The second-order valence-electron chi connectivity index (χ2n) is 5.45. The Bertz CT molecular complexity index is 808. The van der Waals surface area contributed by atoms with Gasteiger partial charge in [-0.1, -0.05) is 29.8 Å². The maximum atomic E-state index is 12.8. The van der Waals surface area contributed by atoms with Crippen molar-refractivity contribution in [2.24, 2.45) is 0 Å². The Balaban J connectivity index is 1.82. The SMILES string of the molecule is COc1ccc(C2CN(S(=O)(=O)c3cccc(Cl)c3)CCO2)cc1. The van der Waals surface area contributed by atoms with Crippen LogP contribution in [-0.4, -0.2) is 39.5 Å². The first-order valence-electron chi connectivity index (χ1n) is 7.52. The molecule has 2 aromatic rings. The summed E-state index contributed by atoms with van der Waals surface area (Å²) in [6, 6.07) is 13.8. The van der Waals surface area contributed by atoms with E-state index in [-0.39, 0.29) is 17.5 Å². The first-order chi connectivity index (χ1) is 11.5. The van der Waals surface area contributed by atoms with E-state index in [4.69, 9.17) is 21.1 Å². The first-order valence-corrected chi connectivity index (χ1v) is 9.34. The minimum atomic E-state index is -3.59. The van der Waals surface area contributed by atoms with E-state index in [0.29, 0.717) is 18.2 Å². The van der Waals surface area contributed by atoms with Gasteiger partial charge in [-0.05, 0) is 35.9 Å². The lowest BCUT2D eigenvalue weighted by atomic mass is 10.1. The highest BCUT2D eigenvalue weighted by Crippen LogP contribution is 2.28. The summed E-state index contributed by atoms with van der Waals surface area (Å²) in [6.45, 7) is 0.930. The van der Waals surface area contributed by atoms with E-state index in [1.807, 2.05) is 24.3 Å². The lowest BCUT2D eigenvalue weighted by Crippen LogP contribution is -2.42. The number of hydrogen-bond donors (Lipinski definition) is 0. The predicted molar refractivity (Wildman–Crippen MR) is 91.9 cm³/mol. The van der Waals surface area contributed by atoms with E-state index in [9.17, 15) is 8.42 Å². The van der Waals surface area contributed by atoms with Gasteiger partial charge < -0.3 is 9.47 Å². The molecule has 1 unspecified atom stereocenters. The molecule has 5 nitrogen and oxygen atoms in total. The lowest BCUT2D eigenvalue weighted by Gasteiger charge is -2.32. The Kier molecular flexibility index (Phi) is 5.10. The Morgan fingerprint density at radius 2 is 1.96 bits per heavy atom. The summed E-state index contributed by atoms with van der Waals surface area (Å²) in [6.07, 6.45) is -0.307. The molecule has 1 saturated heterocycles. The van der Waals surface area contributed by atoms with Gasteiger partial charge in [-0.2, -0.15) is 4.31 Å². The van der Waals surface area contributed by atoms with Crippen LogP contribution in [0, 0.1) is 0 Å². The third-order valence-electron chi connectivity index (χ3n) is 3.95. The zero-order chi connectivity index (χ0) is 17.2. The minimum absolute atomic E-state index is 0.199. The van der Waals surface area contributed by atoms with Crippen molar-refractivity contribution in [3.05, 3.63) is 59.1 Å². The molecule has 24 heavy (non-hydrogen) atoms. The van der Waals surface area contributed by atoms with Crippen LogP contribution in [0.15, 0.2) is 53.4 Å². The fourth-order valence-electron chi connectivity index (χ4n) is 2.64. The number of methoxy groups -OCH3 is 1. The number of halogens is 1. The Morgan fingerprint density at radius 1 is 1.21 bits per heavy atom. The molecule has 1 fully saturated rings. The monoisotopic (exact) mass is 367 g/mol. The van der Waals surface area contributed by atoms with Crippen molar-refractivity contribution in [3.8, 4) is 5.75 Å². The average Bonchev–Trinajstić information content (AvgIpc) is 2.62. The van der Waals surface area contributed by atoms with Crippen LogP contribution in [0.2, 0.25) is 5.02 Å². The Hall–Kier alpha value is -1.60. The van der Waals surface area contributed by atoms with E-state index < -0.39 is 10.0 Å². The zero-order valence-corrected chi connectivity index (χ0v) is 14.8. The van der Waals surface area contributed by atoms with Gasteiger partial charge in [-0.3, -0.25) is 0 Å². The standard InChI is InChI=1S/C17H18ClNO4S/c1-22-15-7-5-13(6-8-15)17-12-19(9-10-23-17)24(20,21)16-4-2-3-14(18)11-16/h2-8,11,17H,9-10,12H2,1H3. The molecular formula is C17H18ClNO4S. The Labute approximate surface area is 146 Å². The second-order valence-corrected chi connectivity index (χ2v) is 7.83. The van der Waals surface area contributed by atoms with Crippen LogP contribution >= 0.6 is 11.6 Å². The van der Waals surface area contributed by atoms with Crippen molar-refractivity contribution in [1.82, 2.24) is 4.31 Å². The van der Waals surface area contributed by atoms with E-state index in [0.717, 1.165) is 11.3 Å². The molecule has 0 aliphatic carbocycles. The molecule has 2 aromatic carbocycles. The number of morpholine rings is 1. The topological polar surface area (TPSA) is 55.8 Å². The van der Waals surface area contributed by atoms with E-state index in [1.165, 1.54) is 10.4 Å². The number of ether oxygens (including phenoxy) is 2. The summed E-state index contributed by atoms with van der Waals surface area (Å²) in [5.41, 5.74) is 0.918. The molecule has 7 heteroatoms. The molecule has 128 valence electrons. The highest BCUT2D eigenvalue weighted by atomic mass is 35.5. The molecular weight excluding hydrogens is 350 g/mol. The molecule has 1 heterocycles. The largest absolute Gasteiger partial charge is 0.497 e. The van der Waals surface area contributed by atoms with Crippen molar-refractivity contribution in [2.75, 3.05) is 26.8 Å². The van der Waals surface area contributed by atoms with Gasteiger partial charge in [-0.25, -0.2) is 8.42 Å². The van der Waals surface area contributed by atoms with Crippen molar-refractivity contribution in [1.29, 1.82) is 0 Å². The van der Waals surface area contributed by atoms with Crippen LogP contribution in [0.5, 0.6) is 5.75 Å². The fraction of sp³-hybridized carbons (Fsp3) is 0.294. The van der Waals surface area contributed by atoms with Crippen LogP contribution < -0.4 is 4.74 Å². The van der Waals surface area contributed by atoms with E-state index >= 15 is 0 Å². The fourth-order valence-corrected chi connectivity index (χ4v) is 4.37. The summed E-state index contributed by atoms with van der Waals surface area (Å²) < 4.78 is 37.9. The predicted octanol–water partition coefficient (Wildman–Crippen LogP) is 3.11. The summed E-state index contributed by atoms with van der Waals surface area (Å²) in [5, 5.41) is 0.399. The number of nitrogens with zero attached hydrogens (tertiary/aromatic N) is 1. The smallest absolute Gasteiger partial charge is 0.243 e. The maximum Gasteiger partial charge on any atom is 0.243 e. The van der Waals surface area contributed by atoms with Crippen LogP contribution in [0.1, 0.15) is 11.7 Å². The van der Waals surface area contributed by atoms with Gasteiger partial charge in [-0.15, -0.1) is 0 Å². The van der Waals surface area contributed by atoms with Crippen LogP contribution in [-0.2, 0) is 14.8 Å². The molecule has 0 N–H and O–H groups in total. The molecule has 1 aliphatic heterocycles. The van der Waals surface area contributed by atoms with Gasteiger partial charge in [0.2, 0.25) is 10.0 Å². The first kappa shape index (κ1) is 17.2. The molecule has 0 radical (unpaired) electrons. The minimum Gasteiger partial charge on any atom is -0.497 e. The third kappa shape index (κ3) is 3.57. The number of hydrogen-bond acceptors (Lipinski definition) is 4. The third-order valence-corrected chi connectivity index (χ3v) is 6.05. The lowest BCUT2D eigenvalue weighted by molar-refractivity contribution is -0.00257. The molecule has 0 bridgehead atoms. The summed E-state index contributed by atoms with van der Waals surface area (Å²) >= 11 is 5.92. The van der Waals surface area contributed by atoms with E-state index in [2.05, 4.69) is 0 Å². The highest BCUT2D eigenvalue weighted by molar-refractivity contribution is 7.89.